The maximum atomic E-state index is 13.1. The van der Waals surface area contributed by atoms with Crippen molar-refractivity contribution in [2.45, 2.75) is 65.3 Å². The van der Waals surface area contributed by atoms with Crippen LogP contribution in [0, 0.1) is 5.41 Å². The van der Waals surface area contributed by atoms with E-state index in [0.717, 1.165) is 58.2 Å². The largest absolute Gasteiger partial charge is 0.342 e. The molecule has 1 aliphatic heterocycles. The number of amides is 1. The molecule has 0 aliphatic carbocycles. The lowest BCUT2D eigenvalue weighted by atomic mass is 9.77. The summed E-state index contributed by atoms with van der Waals surface area (Å²) in [6.45, 7) is 10.3. The summed E-state index contributed by atoms with van der Waals surface area (Å²) in [5.41, 5.74) is 5.70. The third-order valence-electron chi connectivity index (χ3n) is 5.17. The average molecular weight is 297 g/mol. The fourth-order valence-corrected chi connectivity index (χ4v) is 3.75. The lowest BCUT2D eigenvalue weighted by Crippen LogP contribution is -2.52. The molecule has 1 rings (SSSR count). The zero-order valence-electron chi connectivity index (χ0n) is 14.5. The number of hydrogen-bond acceptors (Lipinski definition) is 3. The molecular formula is C17H35N3O. The Kier molecular flexibility index (Phi) is 7.67. The van der Waals surface area contributed by atoms with Gasteiger partial charge in [0.05, 0.1) is 5.41 Å². The van der Waals surface area contributed by atoms with Crippen LogP contribution in [0.5, 0.6) is 0 Å². The van der Waals surface area contributed by atoms with E-state index < -0.39 is 0 Å². The fraction of sp³-hybridized carbons (Fsp3) is 0.941. The highest BCUT2D eigenvalue weighted by atomic mass is 16.2. The van der Waals surface area contributed by atoms with Crippen LogP contribution in [0.15, 0.2) is 0 Å². The van der Waals surface area contributed by atoms with Gasteiger partial charge in [-0.25, -0.2) is 0 Å². The average Bonchev–Trinajstić information content (AvgIpc) is 2.53. The van der Waals surface area contributed by atoms with Crippen LogP contribution in [0.1, 0.15) is 59.3 Å². The molecule has 0 saturated carbocycles. The van der Waals surface area contributed by atoms with E-state index in [2.05, 4.69) is 25.7 Å². The molecule has 4 nitrogen and oxygen atoms in total. The molecule has 0 atom stereocenters. The third kappa shape index (κ3) is 4.43. The Balaban J connectivity index is 2.74. The fourth-order valence-electron chi connectivity index (χ4n) is 3.75. The van der Waals surface area contributed by atoms with E-state index in [4.69, 9.17) is 5.73 Å². The second-order valence-corrected chi connectivity index (χ2v) is 6.57. The van der Waals surface area contributed by atoms with E-state index in [9.17, 15) is 4.79 Å². The van der Waals surface area contributed by atoms with Crippen LogP contribution in [0.2, 0.25) is 0 Å². The lowest BCUT2D eigenvalue weighted by molar-refractivity contribution is -0.144. The first-order chi connectivity index (χ1) is 10.0. The summed E-state index contributed by atoms with van der Waals surface area (Å²) < 4.78 is 0. The number of nitrogens with two attached hydrogens (primary N) is 1. The van der Waals surface area contributed by atoms with Crippen molar-refractivity contribution in [1.82, 2.24) is 9.80 Å². The molecule has 0 aromatic carbocycles. The number of piperidine rings is 1. The number of rotatable bonds is 8. The molecular weight excluding hydrogens is 262 g/mol. The summed E-state index contributed by atoms with van der Waals surface area (Å²) in [6.07, 6.45) is 6.04. The Morgan fingerprint density at radius 3 is 2.10 bits per heavy atom. The zero-order chi connectivity index (χ0) is 15.9. The van der Waals surface area contributed by atoms with Gasteiger partial charge in [-0.1, -0.05) is 33.6 Å². The van der Waals surface area contributed by atoms with E-state index in [-0.39, 0.29) is 11.3 Å². The van der Waals surface area contributed by atoms with Crippen LogP contribution in [0.25, 0.3) is 0 Å². The molecule has 0 spiro atoms. The molecule has 124 valence electrons. The second-order valence-electron chi connectivity index (χ2n) is 6.57. The minimum atomic E-state index is -0.333. The van der Waals surface area contributed by atoms with Crippen molar-refractivity contribution in [2.24, 2.45) is 11.1 Å². The number of carbonyl (C=O) groups excluding carboxylic acids is 1. The smallest absolute Gasteiger partial charge is 0.230 e. The summed E-state index contributed by atoms with van der Waals surface area (Å²) in [7, 11) is 1.99. The first-order valence-corrected chi connectivity index (χ1v) is 8.74. The monoisotopic (exact) mass is 297 g/mol. The molecule has 21 heavy (non-hydrogen) atoms. The van der Waals surface area contributed by atoms with Crippen molar-refractivity contribution in [1.29, 1.82) is 0 Å². The highest BCUT2D eigenvalue weighted by Crippen LogP contribution is 2.32. The summed E-state index contributed by atoms with van der Waals surface area (Å²) in [4.78, 5) is 17.5. The molecule has 2 N–H and O–H groups in total. The highest BCUT2D eigenvalue weighted by Gasteiger charge is 2.39. The van der Waals surface area contributed by atoms with E-state index in [1.54, 1.807) is 0 Å². The SMILES string of the molecule is CCCC(CN)(CCC)C(=O)N(C)C1CCN(CC)CC1. The molecule has 1 aliphatic rings. The molecule has 1 heterocycles. The molecule has 1 amide bonds. The molecule has 0 aromatic heterocycles. The molecule has 0 bridgehead atoms. The second kappa shape index (κ2) is 8.74. The third-order valence-corrected chi connectivity index (χ3v) is 5.17. The van der Waals surface area contributed by atoms with Gasteiger partial charge in [0.2, 0.25) is 5.91 Å². The molecule has 0 aromatic rings. The van der Waals surface area contributed by atoms with E-state index in [1.165, 1.54) is 0 Å². The van der Waals surface area contributed by atoms with Crippen LogP contribution in [-0.4, -0.2) is 55.0 Å². The van der Waals surface area contributed by atoms with Crippen LogP contribution in [0.4, 0.5) is 0 Å². The number of likely N-dealkylation sites (tertiary alicyclic amines) is 1. The predicted molar refractivity (Wildman–Crippen MR) is 89.2 cm³/mol. The van der Waals surface area contributed by atoms with Gasteiger partial charge in [0.1, 0.15) is 0 Å². The van der Waals surface area contributed by atoms with Gasteiger partial charge >= 0.3 is 0 Å². The molecule has 0 unspecified atom stereocenters. The van der Waals surface area contributed by atoms with Gasteiger partial charge in [0.25, 0.3) is 0 Å². The summed E-state index contributed by atoms with van der Waals surface area (Å²) in [5.74, 6) is 0.281. The first kappa shape index (κ1) is 18.4. The summed E-state index contributed by atoms with van der Waals surface area (Å²) in [5, 5.41) is 0. The van der Waals surface area contributed by atoms with Gasteiger partial charge in [-0.05, 0) is 32.2 Å². The standard InChI is InChI=1S/C17H35N3O/c1-5-10-17(14-18,11-6-2)16(21)19(4)15-8-12-20(7-3)13-9-15/h15H,5-14,18H2,1-4H3. The predicted octanol–water partition coefficient (Wildman–Crippen LogP) is 2.47. The topological polar surface area (TPSA) is 49.6 Å². The maximum absolute atomic E-state index is 13.1. The molecule has 1 fully saturated rings. The van der Waals surface area contributed by atoms with Crippen LogP contribution >= 0.6 is 0 Å². The van der Waals surface area contributed by atoms with Gasteiger partial charge in [0.15, 0.2) is 0 Å². The Morgan fingerprint density at radius 2 is 1.71 bits per heavy atom. The summed E-state index contributed by atoms with van der Waals surface area (Å²) >= 11 is 0. The number of hydrogen-bond donors (Lipinski definition) is 1. The Labute approximate surface area is 131 Å². The van der Waals surface area contributed by atoms with Gasteiger partial charge in [-0.15, -0.1) is 0 Å². The van der Waals surface area contributed by atoms with Crippen LogP contribution in [0.3, 0.4) is 0 Å². The Morgan fingerprint density at radius 1 is 1.19 bits per heavy atom. The van der Waals surface area contributed by atoms with Crippen molar-refractivity contribution < 1.29 is 4.79 Å². The molecule has 0 radical (unpaired) electrons. The zero-order valence-corrected chi connectivity index (χ0v) is 14.5. The quantitative estimate of drug-likeness (QED) is 0.749. The van der Waals surface area contributed by atoms with Crippen molar-refractivity contribution in [2.75, 3.05) is 33.2 Å². The molecule has 1 saturated heterocycles. The maximum Gasteiger partial charge on any atom is 0.230 e. The van der Waals surface area contributed by atoms with Gasteiger partial charge in [-0.2, -0.15) is 0 Å². The summed E-state index contributed by atoms with van der Waals surface area (Å²) in [6, 6.07) is 0.389. The normalized spacial score (nSPS) is 18.0. The minimum Gasteiger partial charge on any atom is -0.342 e. The minimum absolute atomic E-state index is 0.281. The van der Waals surface area contributed by atoms with E-state index in [0.29, 0.717) is 12.6 Å². The number of carbonyl (C=O) groups is 1. The van der Waals surface area contributed by atoms with Crippen LogP contribution < -0.4 is 5.73 Å². The Bertz CT molecular complexity index is 305. The van der Waals surface area contributed by atoms with Crippen molar-refractivity contribution in [3.63, 3.8) is 0 Å². The first-order valence-electron chi connectivity index (χ1n) is 8.74. The van der Waals surface area contributed by atoms with Gasteiger partial charge < -0.3 is 15.5 Å². The van der Waals surface area contributed by atoms with Gasteiger partial charge in [-0.3, -0.25) is 4.79 Å². The van der Waals surface area contributed by atoms with E-state index >= 15 is 0 Å². The lowest BCUT2D eigenvalue weighted by Gasteiger charge is -2.41. The number of nitrogens with zero attached hydrogens (tertiary/aromatic N) is 2. The van der Waals surface area contributed by atoms with Crippen molar-refractivity contribution >= 4 is 5.91 Å². The van der Waals surface area contributed by atoms with Crippen molar-refractivity contribution in [3.8, 4) is 0 Å². The van der Waals surface area contributed by atoms with Crippen LogP contribution in [-0.2, 0) is 4.79 Å². The Hall–Kier alpha value is -0.610. The molecule has 4 heteroatoms. The van der Waals surface area contributed by atoms with E-state index in [1.807, 2.05) is 11.9 Å². The van der Waals surface area contributed by atoms with Gasteiger partial charge in [0, 0.05) is 32.7 Å². The van der Waals surface area contributed by atoms with Crippen molar-refractivity contribution in [3.05, 3.63) is 0 Å². The highest BCUT2D eigenvalue weighted by molar-refractivity contribution is 5.83.